The molecule has 2 aromatic rings. The monoisotopic (exact) mass is 286 g/mol. The van der Waals surface area contributed by atoms with E-state index in [1.54, 1.807) is 7.05 Å². The lowest BCUT2D eigenvalue weighted by molar-refractivity contribution is 0.176. The van der Waals surface area contributed by atoms with Crippen molar-refractivity contribution in [2.24, 2.45) is 7.05 Å². The fourth-order valence-corrected chi connectivity index (χ4v) is 3.20. The Morgan fingerprint density at radius 2 is 1.86 bits per heavy atom. The number of nitrogens with zero attached hydrogens (tertiary/aromatic N) is 4. The lowest BCUT2D eigenvalue weighted by Gasteiger charge is -2.32. The van der Waals surface area contributed by atoms with Crippen molar-refractivity contribution in [3.63, 3.8) is 0 Å². The third kappa shape index (κ3) is 2.93. The summed E-state index contributed by atoms with van der Waals surface area (Å²) in [5.74, 6) is 0.823. The lowest BCUT2D eigenvalue weighted by Crippen LogP contribution is -2.37. The highest BCUT2D eigenvalue weighted by Gasteiger charge is 2.24. The first-order valence-corrected chi connectivity index (χ1v) is 7.53. The van der Waals surface area contributed by atoms with E-state index < -0.39 is 0 Å². The van der Waals surface area contributed by atoms with Gasteiger partial charge in [-0.05, 0) is 25.3 Å². The van der Waals surface area contributed by atoms with Crippen LogP contribution in [-0.4, -0.2) is 32.3 Å². The summed E-state index contributed by atoms with van der Waals surface area (Å²) in [5, 5.41) is 4.23. The van der Waals surface area contributed by atoms with Gasteiger partial charge in [0.1, 0.15) is 5.82 Å². The van der Waals surface area contributed by atoms with E-state index in [0.717, 1.165) is 38.3 Å². The first kappa shape index (κ1) is 14.1. The second-order valence-electron chi connectivity index (χ2n) is 5.82. The Balaban J connectivity index is 1.64. The molecule has 5 nitrogen and oxygen atoms in total. The number of likely N-dealkylation sites (tertiary alicyclic amines) is 1. The maximum Gasteiger partial charge on any atom is 0.345 e. The third-order valence-corrected chi connectivity index (χ3v) is 4.30. The van der Waals surface area contributed by atoms with Crippen LogP contribution in [0.25, 0.3) is 0 Å². The molecule has 1 aromatic heterocycles. The Hall–Kier alpha value is -1.88. The SMILES string of the molecule is Cc1nn(C)c(=O)n1C1CCN(Cc2ccccc2)CC1. The Morgan fingerprint density at radius 3 is 2.43 bits per heavy atom. The van der Waals surface area contributed by atoms with Crippen molar-refractivity contribution in [3.8, 4) is 0 Å². The summed E-state index contributed by atoms with van der Waals surface area (Å²) in [6.45, 7) is 4.97. The molecule has 21 heavy (non-hydrogen) atoms. The molecule has 1 aliphatic rings. The minimum atomic E-state index is 0.00834. The quantitative estimate of drug-likeness (QED) is 0.863. The molecule has 0 amide bonds. The molecule has 0 aliphatic carbocycles. The minimum Gasteiger partial charge on any atom is -0.299 e. The zero-order valence-electron chi connectivity index (χ0n) is 12.7. The molecule has 2 heterocycles. The highest BCUT2D eigenvalue weighted by atomic mass is 16.2. The Bertz CT molecular complexity index is 651. The van der Waals surface area contributed by atoms with Crippen LogP contribution < -0.4 is 5.69 Å². The molecule has 0 radical (unpaired) electrons. The van der Waals surface area contributed by atoms with Gasteiger partial charge < -0.3 is 0 Å². The molecule has 5 heteroatoms. The van der Waals surface area contributed by atoms with Gasteiger partial charge in [-0.15, -0.1) is 0 Å². The molecule has 0 spiro atoms. The average molecular weight is 286 g/mol. The lowest BCUT2D eigenvalue weighted by atomic mass is 10.0. The smallest absolute Gasteiger partial charge is 0.299 e. The van der Waals surface area contributed by atoms with Crippen LogP contribution in [0.15, 0.2) is 35.1 Å². The van der Waals surface area contributed by atoms with Crippen molar-refractivity contribution in [3.05, 3.63) is 52.2 Å². The van der Waals surface area contributed by atoms with E-state index >= 15 is 0 Å². The van der Waals surface area contributed by atoms with Crippen molar-refractivity contribution in [1.29, 1.82) is 0 Å². The Labute approximate surface area is 124 Å². The fourth-order valence-electron chi connectivity index (χ4n) is 3.20. The van der Waals surface area contributed by atoms with Crippen molar-refractivity contribution < 1.29 is 0 Å². The molecule has 112 valence electrons. The van der Waals surface area contributed by atoms with Gasteiger partial charge in [0.2, 0.25) is 0 Å². The van der Waals surface area contributed by atoms with E-state index in [1.807, 2.05) is 17.6 Å². The molecular weight excluding hydrogens is 264 g/mol. The summed E-state index contributed by atoms with van der Waals surface area (Å²) >= 11 is 0. The van der Waals surface area contributed by atoms with E-state index in [2.05, 4.69) is 34.3 Å². The molecule has 1 fully saturated rings. The van der Waals surface area contributed by atoms with E-state index in [-0.39, 0.29) is 5.69 Å². The van der Waals surface area contributed by atoms with E-state index in [4.69, 9.17) is 0 Å². The molecule has 0 N–H and O–H groups in total. The van der Waals surface area contributed by atoms with Gasteiger partial charge in [0.25, 0.3) is 0 Å². The summed E-state index contributed by atoms with van der Waals surface area (Å²) in [5.41, 5.74) is 1.36. The zero-order chi connectivity index (χ0) is 14.8. The average Bonchev–Trinajstić information content (AvgIpc) is 2.74. The van der Waals surface area contributed by atoms with Crippen LogP contribution in [0.1, 0.15) is 30.3 Å². The second kappa shape index (κ2) is 5.85. The van der Waals surface area contributed by atoms with Gasteiger partial charge in [-0.3, -0.25) is 9.47 Å². The Morgan fingerprint density at radius 1 is 1.19 bits per heavy atom. The summed E-state index contributed by atoms with van der Waals surface area (Å²) in [4.78, 5) is 14.6. The summed E-state index contributed by atoms with van der Waals surface area (Å²) in [6.07, 6.45) is 2.03. The topological polar surface area (TPSA) is 43.1 Å². The summed E-state index contributed by atoms with van der Waals surface area (Å²) in [6, 6.07) is 10.8. The van der Waals surface area contributed by atoms with Crippen LogP contribution in [0.4, 0.5) is 0 Å². The van der Waals surface area contributed by atoms with Crippen molar-refractivity contribution >= 4 is 0 Å². The largest absolute Gasteiger partial charge is 0.345 e. The number of hydrogen-bond acceptors (Lipinski definition) is 3. The van der Waals surface area contributed by atoms with Gasteiger partial charge in [0.05, 0.1) is 0 Å². The molecule has 3 rings (SSSR count). The predicted octanol–water partition coefficient (Wildman–Crippen LogP) is 1.73. The first-order chi connectivity index (χ1) is 10.1. The van der Waals surface area contributed by atoms with E-state index in [0.29, 0.717) is 6.04 Å². The van der Waals surface area contributed by atoms with Crippen molar-refractivity contribution in [2.45, 2.75) is 32.4 Å². The van der Waals surface area contributed by atoms with Crippen LogP contribution in [-0.2, 0) is 13.6 Å². The Kier molecular flexibility index (Phi) is 3.92. The highest BCUT2D eigenvalue weighted by molar-refractivity contribution is 5.14. The minimum absolute atomic E-state index is 0.00834. The zero-order valence-corrected chi connectivity index (χ0v) is 12.7. The number of piperidine rings is 1. The molecule has 0 unspecified atom stereocenters. The van der Waals surface area contributed by atoms with E-state index in [1.165, 1.54) is 10.2 Å². The summed E-state index contributed by atoms with van der Waals surface area (Å²) < 4.78 is 3.30. The maximum atomic E-state index is 12.1. The normalized spacial score (nSPS) is 17.2. The van der Waals surface area contributed by atoms with Gasteiger partial charge in [0, 0.05) is 32.7 Å². The van der Waals surface area contributed by atoms with Gasteiger partial charge in [-0.25, -0.2) is 9.48 Å². The molecule has 0 bridgehead atoms. The van der Waals surface area contributed by atoms with E-state index in [9.17, 15) is 4.79 Å². The van der Waals surface area contributed by atoms with Crippen molar-refractivity contribution in [2.75, 3.05) is 13.1 Å². The fraction of sp³-hybridized carbons (Fsp3) is 0.500. The van der Waals surface area contributed by atoms with Crippen LogP contribution >= 0.6 is 0 Å². The molecular formula is C16H22N4O. The number of benzene rings is 1. The molecule has 0 saturated carbocycles. The van der Waals surface area contributed by atoms with Crippen LogP contribution in [0, 0.1) is 6.92 Å². The standard InChI is InChI=1S/C16H22N4O/c1-13-17-18(2)16(21)20(13)15-8-10-19(11-9-15)12-14-6-4-3-5-7-14/h3-7,15H,8-12H2,1-2H3. The van der Waals surface area contributed by atoms with Gasteiger partial charge in [-0.1, -0.05) is 30.3 Å². The van der Waals surface area contributed by atoms with Gasteiger partial charge in [-0.2, -0.15) is 5.10 Å². The van der Waals surface area contributed by atoms with Gasteiger partial charge in [0.15, 0.2) is 0 Å². The molecule has 1 saturated heterocycles. The summed E-state index contributed by atoms with van der Waals surface area (Å²) in [7, 11) is 1.72. The molecule has 1 aromatic carbocycles. The number of aryl methyl sites for hydroxylation is 2. The number of aromatic nitrogens is 3. The number of rotatable bonds is 3. The maximum absolute atomic E-state index is 12.1. The van der Waals surface area contributed by atoms with Crippen LogP contribution in [0.2, 0.25) is 0 Å². The van der Waals surface area contributed by atoms with Gasteiger partial charge >= 0.3 is 5.69 Å². The third-order valence-electron chi connectivity index (χ3n) is 4.30. The first-order valence-electron chi connectivity index (χ1n) is 7.53. The predicted molar refractivity (Wildman–Crippen MR) is 82.2 cm³/mol. The molecule has 1 aliphatic heterocycles. The second-order valence-corrected chi connectivity index (χ2v) is 5.82. The van der Waals surface area contributed by atoms with Crippen molar-refractivity contribution in [1.82, 2.24) is 19.2 Å². The molecule has 0 atom stereocenters. The number of hydrogen-bond donors (Lipinski definition) is 0. The van der Waals surface area contributed by atoms with Crippen LogP contribution in [0.3, 0.4) is 0 Å². The van der Waals surface area contributed by atoms with Crippen LogP contribution in [0.5, 0.6) is 0 Å². The highest BCUT2D eigenvalue weighted by Crippen LogP contribution is 2.23.